The molecule has 0 bridgehead atoms. The summed E-state index contributed by atoms with van der Waals surface area (Å²) in [6.07, 6.45) is 0. The molecule has 0 fully saturated rings. The van der Waals surface area contributed by atoms with Crippen LogP contribution in [0.5, 0.6) is 0 Å². The summed E-state index contributed by atoms with van der Waals surface area (Å²) >= 11 is 6.47. The second kappa shape index (κ2) is 6.37. The molecule has 0 saturated carbocycles. The van der Waals surface area contributed by atoms with Gasteiger partial charge in [0.2, 0.25) is 0 Å². The Balaban J connectivity index is 2.11. The Kier molecular flexibility index (Phi) is 4.77. The van der Waals surface area contributed by atoms with E-state index in [0.29, 0.717) is 25.8 Å². The standard InChI is InChI=1S/C14H10Br2FNO2/c15-11-6-9(17)5-4-8(11)7-20-14(19)10-2-1-3-12(18)13(10)16/h1-6H,7,18H2. The van der Waals surface area contributed by atoms with E-state index in [2.05, 4.69) is 31.9 Å². The molecule has 3 nitrogen and oxygen atoms in total. The number of nitrogen functional groups attached to an aromatic ring is 1. The maximum absolute atomic E-state index is 13.0. The lowest BCUT2D eigenvalue weighted by Crippen LogP contribution is -2.07. The number of ether oxygens (including phenoxy) is 1. The van der Waals surface area contributed by atoms with Crippen LogP contribution in [0.3, 0.4) is 0 Å². The second-order valence-electron chi connectivity index (χ2n) is 4.02. The van der Waals surface area contributed by atoms with Gasteiger partial charge in [-0.05, 0) is 40.2 Å². The number of halogens is 3. The summed E-state index contributed by atoms with van der Waals surface area (Å²) in [6.45, 7) is 0.0426. The van der Waals surface area contributed by atoms with Crippen molar-refractivity contribution in [3.63, 3.8) is 0 Å². The molecule has 0 atom stereocenters. The Hall–Kier alpha value is -1.40. The van der Waals surface area contributed by atoms with Crippen molar-refractivity contribution in [1.82, 2.24) is 0 Å². The molecule has 0 unspecified atom stereocenters. The number of carbonyl (C=O) groups excluding carboxylic acids is 1. The molecule has 104 valence electrons. The summed E-state index contributed by atoms with van der Waals surface area (Å²) in [5, 5.41) is 0. The summed E-state index contributed by atoms with van der Waals surface area (Å²) < 4.78 is 19.2. The molecular weight excluding hydrogens is 393 g/mol. The number of esters is 1. The second-order valence-corrected chi connectivity index (χ2v) is 5.67. The fourth-order valence-corrected chi connectivity index (χ4v) is 2.46. The molecule has 0 saturated heterocycles. The van der Waals surface area contributed by atoms with Gasteiger partial charge in [0.1, 0.15) is 12.4 Å². The van der Waals surface area contributed by atoms with Gasteiger partial charge >= 0.3 is 5.97 Å². The lowest BCUT2D eigenvalue weighted by atomic mass is 10.2. The minimum atomic E-state index is -0.500. The first kappa shape index (κ1) is 15.0. The van der Waals surface area contributed by atoms with Crippen molar-refractivity contribution in [2.75, 3.05) is 5.73 Å². The number of hydrogen-bond acceptors (Lipinski definition) is 3. The molecule has 6 heteroatoms. The van der Waals surface area contributed by atoms with Gasteiger partial charge in [0.05, 0.1) is 10.0 Å². The van der Waals surface area contributed by atoms with Crippen LogP contribution in [-0.4, -0.2) is 5.97 Å². The predicted molar refractivity (Wildman–Crippen MR) is 81.8 cm³/mol. The maximum Gasteiger partial charge on any atom is 0.339 e. The van der Waals surface area contributed by atoms with E-state index < -0.39 is 5.97 Å². The van der Waals surface area contributed by atoms with Crippen molar-refractivity contribution in [3.8, 4) is 0 Å². The number of rotatable bonds is 3. The normalized spacial score (nSPS) is 10.3. The van der Waals surface area contributed by atoms with Crippen LogP contribution in [0, 0.1) is 5.82 Å². The first-order valence-electron chi connectivity index (χ1n) is 5.64. The average Bonchev–Trinajstić information content (AvgIpc) is 2.40. The molecule has 2 aromatic carbocycles. The molecule has 2 aromatic rings. The largest absolute Gasteiger partial charge is 0.457 e. The molecule has 0 amide bonds. The first-order chi connectivity index (χ1) is 9.49. The SMILES string of the molecule is Nc1cccc(C(=O)OCc2ccc(F)cc2Br)c1Br. The quantitative estimate of drug-likeness (QED) is 0.615. The smallest absolute Gasteiger partial charge is 0.339 e. The van der Waals surface area contributed by atoms with Gasteiger partial charge < -0.3 is 10.5 Å². The van der Waals surface area contributed by atoms with Crippen LogP contribution in [0.4, 0.5) is 10.1 Å². The van der Waals surface area contributed by atoms with E-state index in [1.165, 1.54) is 12.1 Å². The molecule has 0 spiro atoms. The van der Waals surface area contributed by atoms with Gasteiger partial charge in [-0.25, -0.2) is 9.18 Å². The van der Waals surface area contributed by atoms with Gasteiger partial charge in [-0.3, -0.25) is 0 Å². The number of nitrogens with two attached hydrogens (primary N) is 1. The zero-order valence-electron chi connectivity index (χ0n) is 10.2. The first-order valence-corrected chi connectivity index (χ1v) is 7.22. The third kappa shape index (κ3) is 3.37. The Morgan fingerprint density at radius 1 is 1.25 bits per heavy atom. The molecule has 0 radical (unpaired) electrons. The van der Waals surface area contributed by atoms with Crippen molar-refractivity contribution in [1.29, 1.82) is 0 Å². The molecular formula is C14H10Br2FNO2. The molecule has 0 aromatic heterocycles. The highest BCUT2D eigenvalue weighted by Gasteiger charge is 2.14. The van der Waals surface area contributed by atoms with E-state index in [0.717, 1.165) is 0 Å². The van der Waals surface area contributed by atoms with Gasteiger partial charge in [0, 0.05) is 15.7 Å². The third-order valence-corrected chi connectivity index (χ3v) is 4.25. The average molecular weight is 403 g/mol. The summed E-state index contributed by atoms with van der Waals surface area (Å²) in [4.78, 5) is 12.0. The van der Waals surface area contributed by atoms with Crippen molar-refractivity contribution >= 4 is 43.5 Å². The van der Waals surface area contributed by atoms with Crippen LogP contribution in [0.2, 0.25) is 0 Å². The Bertz CT molecular complexity index is 662. The number of anilines is 1. The van der Waals surface area contributed by atoms with Crippen molar-refractivity contribution in [2.45, 2.75) is 6.61 Å². The Labute approximate surface area is 132 Å². The molecule has 0 aliphatic rings. The van der Waals surface area contributed by atoms with Gasteiger partial charge in [0.25, 0.3) is 0 Å². The number of hydrogen-bond donors (Lipinski definition) is 1. The summed E-state index contributed by atoms with van der Waals surface area (Å²) in [5.74, 6) is -0.856. The predicted octanol–water partition coefficient (Wildman–Crippen LogP) is 4.29. The highest BCUT2D eigenvalue weighted by atomic mass is 79.9. The highest BCUT2D eigenvalue weighted by Crippen LogP contribution is 2.25. The van der Waals surface area contributed by atoms with Gasteiger partial charge in [-0.15, -0.1) is 0 Å². The lowest BCUT2D eigenvalue weighted by molar-refractivity contribution is 0.0471. The minimum absolute atomic E-state index is 0.0426. The fourth-order valence-electron chi connectivity index (χ4n) is 1.57. The lowest BCUT2D eigenvalue weighted by Gasteiger charge is -2.09. The van der Waals surface area contributed by atoms with E-state index in [4.69, 9.17) is 10.5 Å². The Morgan fingerprint density at radius 3 is 2.70 bits per heavy atom. The molecule has 20 heavy (non-hydrogen) atoms. The summed E-state index contributed by atoms with van der Waals surface area (Å²) in [7, 11) is 0. The molecule has 0 aliphatic heterocycles. The molecule has 2 N–H and O–H groups in total. The van der Waals surface area contributed by atoms with Gasteiger partial charge in [-0.2, -0.15) is 0 Å². The topological polar surface area (TPSA) is 52.3 Å². The zero-order chi connectivity index (χ0) is 14.7. The van der Waals surface area contributed by atoms with E-state index in [-0.39, 0.29) is 12.4 Å². The van der Waals surface area contributed by atoms with Gasteiger partial charge in [0.15, 0.2) is 0 Å². The monoisotopic (exact) mass is 401 g/mol. The fraction of sp³-hybridized carbons (Fsp3) is 0.0714. The van der Waals surface area contributed by atoms with Crippen LogP contribution in [-0.2, 0) is 11.3 Å². The molecule has 0 heterocycles. The van der Waals surface area contributed by atoms with Gasteiger partial charge in [-0.1, -0.05) is 28.1 Å². The van der Waals surface area contributed by atoms with Crippen molar-refractivity contribution < 1.29 is 13.9 Å². The van der Waals surface area contributed by atoms with Crippen LogP contribution < -0.4 is 5.73 Å². The maximum atomic E-state index is 13.0. The number of benzene rings is 2. The minimum Gasteiger partial charge on any atom is -0.457 e. The van der Waals surface area contributed by atoms with Crippen molar-refractivity contribution in [2.24, 2.45) is 0 Å². The molecule has 0 aliphatic carbocycles. The summed E-state index contributed by atoms with van der Waals surface area (Å²) in [5.41, 5.74) is 7.19. The Morgan fingerprint density at radius 2 is 2.00 bits per heavy atom. The molecule has 2 rings (SSSR count). The van der Waals surface area contributed by atoms with E-state index >= 15 is 0 Å². The van der Waals surface area contributed by atoms with E-state index in [9.17, 15) is 9.18 Å². The van der Waals surface area contributed by atoms with Crippen LogP contribution >= 0.6 is 31.9 Å². The van der Waals surface area contributed by atoms with E-state index in [1.807, 2.05) is 0 Å². The van der Waals surface area contributed by atoms with Crippen LogP contribution in [0.1, 0.15) is 15.9 Å². The highest BCUT2D eigenvalue weighted by molar-refractivity contribution is 9.11. The zero-order valence-corrected chi connectivity index (χ0v) is 13.4. The van der Waals surface area contributed by atoms with Crippen LogP contribution in [0.15, 0.2) is 45.3 Å². The van der Waals surface area contributed by atoms with Crippen LogP contribution in [0.25, 0.3) is 0 Å². The third-order valence-electron chi connectivity index (χ3n) is 2.62. The summed E-state index contributed by atoms with van der Waals surface area (Å²) in [6, 6.07) is 9.15. The van der Waals surface area contributed by atoms with Crippen molar-refractivity contribution in [3.05, 3.63) is 62.3 Å². The number of carbonyl (C=O) groups is 1. The van der Waals surface area contributed by atoms with E-state index in [1.54, 1.807) is 24.3 Å².